The fourth-order valence-electron chi connectivity index (χ4n) is 2.46. The molecule has 0 saturated carbocycles. The van der Waals surface area contributed by atoms with E-state index in [9.17, 15) is 4.79 Å². The lowest BCUT2D eigenvalue weighted by molar-refractivity contribution is 0.0978. The predicted molar refractivity (Wildman–Crippen MR) is 76.3 cm³/mol. The summed E-state index contributed by atoms with van der Waals surface area (Å²) >= 11 is 0. The van der Waals surface area contributed by atoms with Crippen molar-refractivity contribution in [2.24, 2.45) is 5.92 Å². The lowest BCUT2D eigenvalue weighted by Crippen LogP contribution is -2.12. The summed E-state index contributed by atoms with van der Waals surface area (Å²) in [6, 6.07) is 6.11. The Morgan fingerprint density at radius 3 is 3.00 bits per heavy atom. The highest BCUT2D eigenvalue weighted by Crippen LogP contribution is 2.23. The van der Waals surface area contributed by atoms with Crippen LogP contribution in [0, 0.1) is 5.92 Å². The summed E-state index contributed by atoms with van der Waals surface area (Å²) in [5.74, 6) is 0.981. The molecule has 1 N–H and O–H groups in total. The normalized spacial score (nSPS) is 14.2. The van der Waals surface area contributed by atoms with Gasteiger partial charge in [0, 0.05) is 24.2 Å². The third kappa shape index (κ3) is 3.34. The lowest BCUT2D eigenvalue weighted by Gasteiger charge is -2.18. The zero-order chi connectivity index (χ0) is 13.0. The second-order valence-electron chi connectivity index (χ2n) is 5.61. The Balaban J connectivity index is 1.98. The summed E-state index contributed by atoms with van der Waals surface area (Å²) in [6.45, 7) is 5.46. The molecule has 1 aliphatic rings. The Morgan fingerprint density at radius 2 is 2.22 bits per heavy atom. The summed E-state index contributed by atoms with van der Waals surface area (Å²) in [4.78, 5) is 12.1. The molecule has 0 unspecified atom stereocenters. The van der Waals surface area contributed by atoms with Crippen LogP contribution in [0.1, 0.15) is 55.5 Å². The van der Waals surface area contributed by atoms with E-state index in [0.717, 1.165) is 37.8 Å². The van der Waals surface area contributed by atoms with Gasteiger partial charge >= 0.3 is 0 Å². The number of hydrogen-bond donors (Lipinski definition) is 1. The van der Waals surface area contributed by atoms with E-state index in [1.165, 1.54) is 11.3 Å². The van der Waals surface area contributed by atoms with Crippen LogP contribution in [0.4, 0.5) is 5.69 Å². The number of rotatable bonds is 5. The minimum absolute atomic E-state index is 0.295. The van der Waals surface area contributed by atoms with Crippen molar-refractivity contribution in [1.82, 2.24) is 0 Å². The molecule has 2 nitrogen and oxygen atoms in total. The molecule has 1 aliphatic heterocycles. The van der Waals surface area contributed by atoms with Crippen molar-refractivity contribution in [3.8, 4) is 0 Å². The van der Waals surface area contributed by atoms with Gasteiger partial charge in [0.1, 0.15) is 0 Å². The van der Waals surface area contributed by atoms with Gasteiger partial charge in [0.15, 0.2) is 5.78 Å². The smallest absolute Gasteiger partial charge is 0.162 e. The number of Topliss-reactive ketones (excluding diaryl/α,β-unsaturated/α-hetero) is 1. The van der Waals surface area contributed by atoms with Crippen LogP contribution in [0.3, 0.4) is 0 Å². The maximum Gasteiger partial charge on any atom is 0.162 e. The van der Waals surface area contributed by atoms with Crippen LogP contribution in [0.25, 0.3) is 0 Å². The first-order chi connectivity index (χ1) is 8.66. The van der Waals surface area contributed by atoms with Gasteiger partial charge in [-0.15, -0.1) is 0 Å². The fourth-order valence-corrected chi connectivity index (χ4v) is 2.46. The highest BCUT2D eigenvalue weighted by atomic mass is 16.1. The van der Waals surface area contributed by atoms with E-state index in [1.54, 1.807) is 0 Å². The number of anilines is 1. The van der Waals surface area contributed by atoms with Crippen LogP contribution >= 0.6 is 0 Å². The first kappa shape index (κ1) is 13.1. The van der Waals surface area contributed by atoms with Gasteiger partial charge in [0.25, 0.3) is 0 Å². The molecule has 18 heavy (non-hydrogen) atoms. The Hall–Kier alpha value is -1.31. The Kier molecular flexibility index (Phi) is 4.40. The molecule has 1 heterocycles. The van der Waals surface area contributed by atoms with Crippen molar-refractivity contribution in [3.63, 3.8) is 0 Å². The van der Waals surface area contributed by atoms with Gasteiger partial charge in [-0.25, -0.2) is 0 Å². The highest BCUT2D eigenvalue weighted by Gasteiger charge is 2.12. The lowest BCUT2D eigenvalue weighted by atomic mass is 9.96. The molecule has 0 radical (unpaired) electrons. The fraction of sp³-hybridized carbons (Fsp3) is 0.562. The number of ketones is 1. The molecular weight excluding hydrogens is 222 g/mol. The molecular formula is C16H23NO. The topological polar surface area (TPSA) is 29.1 Å². The van der Waals surface area contributed by atoms with Crippen LogP contribution in [0.15, 0.2) is 18.2 Å². The van der Waals surface area contributed by atoms with Crippen molar-refractivity contribution >= 4 is 11.5 Å². The monoisotopic (exact) mass is 245 g/mol. The molecule has 0 atom stereocenters. The predicted octanol–water partition coefficient (Wildman–Crippen LogP) is 4.05. The SMILES string of the molecule is CC(C)CCCC(=O)c1ccc2c(c1)CCCN2. The van der Waals surface area contributed by atoms with Gasteiger partial charge in [-0.3, -0.25) is 4.79 Å². The molecule has 0 amide bonds. The van der Waals surface area contributed by atoms with E-state index in [-0.39, 0.29) is 0 Å². The van der Waals surface area contributed by atoms with Gasteiger partial charge < -0.3 is 5.32 Å². The molecule has 2 rings (SSSR count). The first-order valence-corrected chi connectivity index (χ1v) is 7.07. The molecule has 0 fully saturated rings. The van der Waals surface area contributed by atoms with Crippen molar-refractivity contribution in [2.75, 3.05) is 11.9 Å². The summed E-state index contributed by atoms with van der Waals surface area (Å²) in [7, 11) is 0. The number of carbonyl (C=O) groups is 1. The number of carbonyl (C=O) groups excluding carboxylic acids is 1. The maximum atomic E-state index is 12.1. The van der Waals surface area contributed by atoms with Gasteiger partial charge in [-0.2, -0.15) is 0 Å². The molecule has 0 aromatic heterocycles. The summed E-state index contributed by atoms with van der Waals surface area (Å²) in [5, 5.41) is 3.38. The average molecular weight is 245 g/mol. The second kappa shape index (κ2) is 6.03. The number of aryl methyl sites for hydroxylation is 1. The molecule has 1 aromatic carbocycles. The molecule has 2 heteroatoms. The number of fused-ring (bicyclic) bond motifs is 1. The van der Waals surface area contributed by atoms with Gasteiger partial charge in [0.2, 0.25) is 0 Å². The third-order valence-electron chi connectivity index (χ3n) is 3.55. The van der Waals surface area contributed by atoms with Crippen molar-refractivity contribution in [2.45, 2.75) is 46.0 Å². The van der Waals surface area contributed by atoms with Gasteiger partial charge in [-0.1, -0.05) is 20.3 Å². The van der Waals surface area contributed by atoms with Gasteiger partial charge in [-0.05, 0) is 48.9 Å². The Bertz CT molecular complexity index is 423. The minimum atomic E-state index is 0.295. The van der Waals surface area contributed by atoms with Crippen LogP contribution in [-0.4, -0.2) is 12.3 Å². The summed E-state index contributed by atoms with van der Waals surface area (Å²) in [5.41, 5.74) is 3.40. The van der Waals surface area contributed by atoms with Crippen LogP contribution in [0.2, 0.25) is 0 Å². The molecule has 0 bridgehead atoms. The van der Waals surface area contributed by atoms with Crippen LogP contribution in [0.5, 0.6) is 0 Å². The first-order valence-electron chi connectivity index (χ1n) is 7.07. The molecule has 0 aliphatic carbocycles. The van der Waals surface area contributed by atoms with Gasteiger partial charge in [0.05, 0.1) is 0 Å². The zero-order valence-electron chi connectivity index (χ0n) is 11.5. The second-order valence-corrected chi connectivity index (χ2v) is 5.61. The van der Waals surface area contributed by atoms with E-state index < -0.39 is 0 Å². The molecule has 0 spiro atoms. The molecule has 98 valence electrons. The Labute approximate surface area is 110 Å². The van der Waals surface area contributed by atoms with E-state index in [2.05, 4.69) is 31.3 Å². The van der Waals surface area contributed by atoms with Crippen molar-refractivity contribution in [1.29, 1.82) is 0 Å². The number of hydrogen-bond acceptors (Lipinski definition) is 2. The van der Waals surface area contributed by atoms with E-state index in [1.807, 2.05) is 6.07 Å². The molecule has 1 aromatic rings. The number of nitrogens with one attached hydrogen (secondary N) is 1. The average Bonchev–Trinajstić information content (AvgIpc) is 2.37. The number of benzene rings is 1. The van der Waals surface area contributed by atoms with E-state index >= 15 is 0 Å². The molecule has 0 saturated heterocycles. The van der Waals surface area contributed by atoms with E-state index in [0.29, 0.717) is 18.1 Å². The van der Waals surface area contributed by atoms with Crippen molar-refractivity contribution < 1.29 is 4.79 Å². The van der Waals surface area contributed by atoms with E-state index in [4.69, 9.17) is 0 Å². The van der Waals surface area contributed by atoms with Crippen LogP contribution in [-0.2, 0) is 6.42 Å². The van der Waals surface area contributed by atoms with Crippen LogP contribution < -0.4 is 5.32 Å². The quantitative estimate of drug-likeness (QED) is 0.793. The summed E-state index contributed by atoms with van der Waals surface area (Å²) in [6.07, 6.45) is 5.09. The minimum Gasteiger partial charge on any atom is -0.385 e. The Morgan fingerprint density at radius 1 is 1.39 bits per heavy atom. The highest BCUT2D eigenvalue weighted by molar-refractivity contribution is 5.96. The standard InChI is InChI=1S/C16H23NO/c1-12(2)5-3-7-16(18)14-8-9-15-13(11-14)6-4-10-17-15/h8-9,11-12,17H,3-7,10H2,1-2H3. The van der Waals surface area contributed by atoms with Crippen molar-refractivity contribution in [3.05, 3.63) is 29.3 Å². The summed E-state index contributed by atoms with van der Waals surface area (Å²) < 4.78 is 0. The zero-order valence-corrected chi connectivity index (χ0v) is 11.5. The maximum absolute atomic E-state index is 12.1. The third-order valence-corrected chi connectivity index (χ3v) is 3.55. The largest absolute Gasteiger partial charge is 0.385 e.